The molecule has 2 heterocycles. The minimum Gasteiger partial charge on any atom is -0.393 e. The van der Waals surface area contributed by atoms with Gasteiger partial charge in [0.25, 0.3) is 0 Å². The van der Waals surface area contributed by atoms with Gasteiger partial charge in [0.15, 0.2) is 0 Å². The van der Waals surface area contributed by atoms with Crippen LogP contribution in [0, 0.1) is 29.1 Å². The molecule has 4 saturated carbocycles. The van der Waals surface area contributed by atoms with Crippen LogP contribution in [0.4, 0.5) is 0 Å². The highest BCUT2D eigenvalue weighted by atomic mass is 16.6. The first-order valence-electron chi connectivity index (χ1n) is 31.2. The van der Waals surface area contributed by atoms with Gasteiger partial charge in [0.05, 0.1) is 36.6 Å². The second-order valence-corrected chi connectivity index (χ2v) is 25.1. The van der Waals surface area contributed by atoms with Crippen LogP contribution in [0.15, 0.2) is 0 Å². The van der Waals surface area contributed by atoms with Crippen molar-refractivity contribution in [1.82, 2.24) is 0 Å². The van der Waals surface area contributed by atoms with E-state index in [-0.39, 0.29) is 12.2 Å². The van der Waals surface area contributed by atoms with Crippen LogP contribution in [0.25, 0.3) is 0 Å². The maximum absolute atomic E-state index is 10.1. The van der Waals surface area contributed by atoms with Crippen molar-refractivity contribution in [3.63, 3.8) is 0 Å². The third-order valence-electron chi connectivity index (χ3n) is 19.3. The zero-order valence-electron chi connectivity index (χ0n) is 44.0. The molecule has 6 aliphatic rings. The third kappa shape index (κ3) is 23.8. The largest absolute Gasteiger partial charge is 0.393 e. The summed E-state index contributed by atoms with van der Waals surface area (Å²) in [5.41, 5.74) is 0.606. The van der Waals surface area contributed by atoms with E-state index < -0.39 is 0 Å². The van der Waals surface area contributed by atoms with Crippen LogP contribution in [0.5, 0.6) is 0 Å². The van der Waals surface area contributed by atoms with Crippen molar-refractivity contribution in [2.75, 3.05) is 0 Å². The van der Waals surface area contributed by atoms with Crippen molar-refractivity contribution in [1.29, 1.82) is 0 Å². The van der Waals surface area contributed by atoms with Crippen LogP contribution in [-0.4, -0.2) is 46.8 Å². The fourth-order valence-corrected chi connectivity index (χ4v) is 14.7. The van der Waals surface area contributed by atoms with Gasteiger partial charge in [-0.2, -0.15) is 0 Å². The molecule has 0 aromatic rings. The van der Waals surface area contributed by atoms with Crippen LogP contribution in [0.1, 0.15) is 327 Å². The summed E-state index contributed by atoms with van der Waals surface area (Å²) in [6, 6.07) is 0. The second-order valence-electron chi connectivity index (χ2n) is 25.1. The lowest BCUT2D eigenvalue weighted by Gasteiger charge is -2.35. The average Bonchev–Trinajstić information content (AvgIpc) is 4.27. The summed E-state index contributed by atoms with van der Waals surface area (Å²) in [6.45, 7) is 0. The minimum atomic E-state index is -0.00782. The first-order chi connectivity index (χ1) is 32.5. The van der Waals surface area contributed by atoms with E-state index in [4.69, 9.17) is 9.47 Å². The van der Waals surface area contributed by atoms with Crippen LogP contribution >= 0.6 is 0 Å². The van der Waals surface area contributed by atoms with E-state index in [9.17, 15) is 10.2 Å². The van der Waals surface area contributed by atoms with Crippen molar-refractivity contribution >= 4 is 0 Å². The molecule has 0 aromatic carbocycles. The van der Waals surface area contributed by atoms with Crippen LogP contribution in [0.2, 0.25) is 0 Å². The van der Waals surface area contributed by atoms with E-state index in [1.807, 2.05) is 0 Å². The molecule has 2 N–H and O–H groups in total. The molecule has 8 unspecified atom stereocenters. The standard InChI is InChI=1S/C62H114O4/c63-56-41-37-52(38-42-56)31-22-14-7-3-11-19-27-46-62(45-26-18-10-2-1-6-15-23-32-53-35-30-36-57(64)49-53,47-28-20-12-4-8-16-24-33-54-39-43-58-60(50-54)65-58)48-29-21-13-5-9-17-25-34-55-40-44-59-61(51-55)66-59/h52-61,63-64H,1-51H2. The molecule has 0 spiro atoms. The van der Waals surface area contributed by atoms with E-state index in [1.54, 1.807) is 0 Å². The van der Waals surface area contributed by atoms with Gasteiger partial charge in [0.1, 0.15) is 0 Å². The van der Waals surface area contributed by atoms with Crippen molar-refractivity contribution in [2.45, 2.75) is 364 Å². The molecule has 4 heteroatoms. The highest BCUT2D eigenvalue weighted by Crippen LogP contribution is 2.44. The summed E-state index contributed by atoms with van der Waals surface area (Å²) in [5.74, 6) is 3.63. The monoisotopic (exact) mass is 923 g/mol. The molecule has 4 aliphatic carbocycles. The number of aliphatic hydroxyl groups is 2. The number of rotatable bonds is 41. The molecule has 0 amide bonds. The summed E-state index contributed by atoms with van der Waals surface area (Å²) < 4.78 is 11.6. The molecule has 6 fully saturated rings. The lowest BCUT2D eigenvalue weighted by Crippen LogP contribution is -2.21. The number of hydrogen-bond donors (Lipinski definition) is 2. The zero-order chi connectivity index (χ0) is 45.8. The summed E-state index contributed by atoms with van der Waals surface area (Å²) in [6.07, 6.45) is 74.3. The Kier molecular flexibility index (Phi) is 28.0. The van der Waals surface area contributed by atoms with E-state index in [1.165, 1.54) is 302 Å². The van der Waals surface area contributed by atoms with Gasteiger partial charge in [-0.1, -0.05) is 225 Å². The summed E-state index contributed by atoms with van der Waals surface area (Å²) in [4.78, 5) is 0. The molecule has 8 atom stereocenters. The van der Waals surface area contributed by atoms with Gasteiger partial charge in [-0.15, -0.1) is 0 Å². The number of hydrogen-bond acceptors (Lipinski definition) is 4. The van der Waals surface area contributed by atoms with Gasteiger partial charge in [-0.3, -0.25) is 0 Å². The highest BCUT2D eigenvalue weighted by molar-refractivity contribution is 4.92. The summed E-state index contributed by atoms with van der Waals surface area (Å²) >= 11 is 0. The molecule has 0 aromatic heterocycles. The molecule has 2 saturated heterocycles. The Hall–Kier alpha value is -0.160. The van der Waals surface area contributed by atoms with E-state index in [0.717, 1.165) is 49.4 Å². The third-order valence-corrected chi connectivity index (χ3v) is 19.3. The Balaban J connectivity index is 0.875. The average molecular weight is 924 g/mol. The molecule has 0 radical (unpaired) electrons. The topological polar surface area (TPSA) is 65.5 Å². The van der Waals surface area contributed by atoms with Gasteiger partial charge in [-0.25, -0.2) is 0 Å². The van der Waals surface area contributed by atoms with Gasteiger partial charge >= 0.3 is 0 Å². The van der Waals surface area contributed by atoms with Gasteiger partial charge < -0.3 is 19.7 Å². The fraction of sp³-hybridized carbons (Fsp3) is 1.00. The lowest BCUT2D eigenvalue weighted by atomic mass is 9.70. The Morgan fingerprint density at radius 2 is 0.591 bits per heavy atom. The first kappa shape index (κ1) is 55.2. The number of unbranched alkanes of at least 4 members (excludes halogenated alkanes) is 25. The van der Waals surface area contributed by atoms with Crippen molar-refractivity contribution in [2.24, 2.45) is 29.1 Å². The maximum Gasteiger partial charge on any atom is 0.0844 e. The number of aliphatic hydroxyl groups excluding tert-OH is 2. The highest BCUT2D eigenvalue weighted by Gasteiger charge is 2.44. The molecule has 6 rings (SSSR count). The molecular formula is C62H114O4. The Morgan fingerprint density at radius 1 is 0.273 bits per heavy atom. The Bertz CT molecular complexity index is 1120. The first-order valence-corrected chi connectivity index (χ1v) is 31.2. The second kappa shape index (κ2) is 33.5. The van der Waals surface area contributed by atoms with Gasteiger partial charge in [0, 0.05) is 0 Å². The Labute approximate surface area is 411 Å². The number of fused-ring (bicyclic) bond motifs is 2. The molecule has 2 aliphatic heterocycles. The SMILES string of the molecule is OC1CCC(CCCCCCCCCC(CCCCCCCCCCC2CCCC(O)C2)(CCCCCCCCCC2CCC3OC3C2)CCCCCCCCCC2CCC3OC3C2)CC1. The smallest absolute Gasteiger partial charge is 0.0844 e. The van der Waals surface area contributed by atoms with Gasteiger partial charge in [0.2, 0.25) is 0 Å². The number of epoxide rings is 2. The lowest BCUT2D eigenvalue weighted by molar-refractivity contribution is 0.0973. The minimum absolute atomic E-state index is 0.00570. The predicted molar refractivity (Wildman–Crippen MR) is 281 cm³/mol. The molecule has 386 valence electrons. The van der Waals surface area contributed by atoms with E-state index >= 15 is 0 Å². The van der Waals surface area contributed by atoms with Gasteiger partial charge in [-0.05, 0) is 132 Å². The molecule has 66 heavy (non-hydrogen) atoms. The quantitative estimate of drug-likeness (QED) is 0.0474. The summed E-state index contributed by atoms with van der Waals surface area (Å²) in [7, 11) is 0. The van der Waals surface area contributed by atoms with Crippen molar-refractivity contribution in [3.05, 3.63) is 0 Å². The predicted octanol–water partition coefficient (Wildman–Crippen LogP) is 18.6. The van der Waals surface area contributed by atoms with E-state index in [0.29, 0.717) is 29.8 Å². The summed E-state index contributed by atoms with van der Waals surface area (Å²) in [5, 5.41) is 20.0. The van der Waals surface area contributed by atoms with E-state index in [2.05, 4.69) is 0 Å². The van der Waals surface area contributed by atoms with Crippen LogP contribution in [-0.2, 0) is 9.47 Å². The normalized spacial score (nSPS) is 30.5. The van der Waals surface area contributed by atoms with Crippen molar-refractivity contribution in [3.8, 4) is 0 Å². The fourth-order valence-electron chi connectivity index (χ4n) is 14.7. The van der Waals surface area contributed by atoms with Crippen molar-refractivity contribution < 1.29 is 19.7 Å². The zero-order valence-corrected chi connectivity index (χ0v) is 44.0. The molecule has 4 nitrogen and oxygen atoms in total. The van der Waals surface area contributed by atoms with Crippen LogP contribution < -0.4 is 0 Å². The Morgan fingerprint density at radius 3 is 0.955 bits per heavy atom. The van der Waals surface area contributed by atoms with Crippen LogP contribution in [0.3, 0.4) is 0 Å². The maximum atomic E-state index is 10.1. The number of ether oxygens (including phenoxy) is 2. The molecular weight excluding hydrogens is 809 g/mol. The molecule has 0 bridgehead atoms.